The highest BCUT2D eigenvalue weighted by Gasteiger charge is 2.19. The number of rotatable bonds is 8. The summed E-state index contributed by atoms with van der Waals surface area (Å²) in [6.07, 6.45) is 0.539. The van der Waals surface area contributed by atoms with Gasteiger partial charge in [-0.25, -0.2) is 0 Å². The summed E-state index contributed by atoms with van der Waals surface area (Å²) in [5.41, 5.74) is 0. The lowest BCUT2D eigenvalue weighted by atomic mass is 10.1. The van der Waals surface area contributed by atoms with Crippen molar-refractivity contribution >= 4 is 0 Å². The molecule has 0 N–H and O–H groups in total. The zero-order chi connectivity index (χ0) is 11.7. The Morgan fingerprint density at radius 3 is 2.33 bits per heavy atom. The maximum atomic E-state index is 8.68. The molecule has 0 radical (unpaired) electrons. The summed E-state index contributed by atoms with van der Waals surface area (Å²) in [6, 6.07) is 2.76. The fourth-order valence-electron chi connectivity index (χ4n) is 1.66. The Morgan fingerprint density at radius 2 is 1.87 bits per heavy atom. The predicted molar refractivity (Wildman–Crippen MR) is 59.6 cm³/mol. The van der Waals surface area contributed by atoms with E-state index in [9.17, 15) is 0 Å². The summed E-state index contributed by atoms with van der Waals surface area (Å²) in [7, 11) is 3.38. The summed E-state index contributed by atoms with van der Waals surface area (Å²) in [4.78, 5) is 2.25. The first-order chi connectivity index (χ1) is 7.17. The summed E-state index contributed by atoms with van der Waals surface area (Å²) >= 11 is 0. The molecule has 88 valence electrons. The van der Waals surface area contributed by atoms with Crippen LogP contribution < -0.4 is 0 Å². The molecule has 0 amide bonds. The van der Waals surface area contributed by atoms with E-state index in [2.05, 4.69) is 24.8 Å². The van der Waals surface area contributed by atoms with Crippen LogP contribution in [0.5, 0.6) is 0 Å². The number of hydrogen-bond acceptors (Lipinski definition) is 4. The molecule has 0 aliphatic heterocycles. The van der Waals surface area contributed by atoms with Crippen molar-refractivity contribution in [2.75, 3.05) is 34.0 Å². The van der Waals surface area contributed by atoms with Crippen molar-refractivity contribution in [2.45, 2.75) is 32.4 Å². The Hall–Kier alpha value is -0.630. The highest BCUT2D eigenvalue weighted by atomic mass is 16.5. The molecule has 0 saturated heterocycles. The summed E-state index contributed by atoms with van der Waals surface area (Å²) < 4.78 is 10.2. The Kier molecular flexibility index (Phi) is 8.30. The second kappa shape index (κ2) is 8.66. The molecule has 0 aliphatic carbocycles. The van der Waals surface area contributed by atoms with E-state index >= 15 is 0 Å². The van der Waals surface area contributed by atoms with Crippen molar-refractivity contribution in [3.63, 3.8) is 0 Å². The standard InChI is InChI=1S/C11H22N2O2/c1-10(5-6-12)13(7-8-14-3)11(2)9-15-4/h10-11H,5,7-9H2,1-4H3. The quantitative estimate of drug-likeness (QED) is 0.610. The maximum absolute atomic E-state index is 8.68. The highest BCUT2D eigenvalue weighted by molar-refractivity contribution is 4.82. The van der Waals surface area contributed by atoms with Crippen LogP contribution in [0.2, 0.25) is 0 Å². The second-order valence-corrected chi connectivity index (χ2v) is 3.75. The van der Waals surface area contributed by atoms with Crippen molar-refractivity contribution < 1.29 is 9.47 Å². The Morgan fingerprint density at radius 1 is 1.20 bits per heavy atom. The lowest BCUT2D eigenvalue weighted by Crippen LogP contribution is -2.44. The van der Waals surface area contributed by atoms with E-state index in [1.807, 2.05) is 0 Å². The van der Waals surface area contributed by atoms with Gasteiger partial charge >= 0.3 is 0 Å². The molecule has 15 heavy (non-hydrogen) atoms. The van der Waals surface area contributed by atoms with E-state index in [0.717, 1.165) is 6.54 Å². The molecule has 0 spiro atoms. The summed E-state index contributed by atoms with van der Waals surface area (Å²) in [5, 5.41) is 8.68. The van der Waals surface area contributed by atoms with E-state index in [4.69, 9.17) is 14.7 Å². The number of ether oxygens (including phenoxy) is 2. The van der Waals surface area contributed by atoms with Gasteiger partial charge in [0, 0.05) is 32.8 Å². The van der Waals surface area contributed by atoms with E-state index in [0.29, 0.717) is 25.7 Å². The minimum Gasteiger partial charge on any atom is -0.383 e. The zero-order valence-corrected chi connectivity index (χ0v) is 10.2. The van der Waals surface area contributed by atoms with E-state index < -0.39 is 0 Å². The first-order valence-electron chi connectivity index (χ1n) is 5.27. The Bertz CT molecular complexity index is 192. The van der Waals surface area contributed by atoms with Crippen molar-refractivity contribution in [3.8, 4) is 6.07 Å². The van der Waals surface area contributed by atoms with Crippen LogP contribution in [0, 0.1) is 11.3 Å². The molecule has 0 saturated carbocycles. The monoisotopic (exact) mass is 214 g/mol. The molecule has 0 bridgehead atoms. The fraction of sp³-hybridized carbons (Fsp3) is 0.909. The van der Waals surface area contributed by atoms with Crippen LogP contribution >= 0.6 is 0 Å². The minimum absolute atomic E-state index is 0.246. The summed E-state index contributed by atoms with van der Waals surface area (Å²) in [6.45, 7) is 6.37. The van der Waals surface area contributed by atoms with Gasteiger partial charge < -0.3 is 9.47 Å². The van der Waals surface area contributed by atoms with Crippen LogP contribution in [0.4, 0.5) is 0 Å². The lowest BCUT2D eigenvalue weighted by molar-refractivity contribution is 0.0529. The fourth-order valence-corrected chi connectivity index (χ4v) is 1.66. The van der Waals surface area contributed by atoms with Crippen LogP contribution in [0.15, 0.2) is 0 Å². The predicted octanol–water partition coefficient (Wildman–Crippen LogP) is 1.27. The number of hydrogen-bond donors (Lipinski definition) is 0. The molecule has 0 aliphatic rings. The van der Waals surface area contributed by atoms with Crippen molar-refractivity contribution in [1.82, 2.24) is 4.90 Å². The van der Waals surface area contributed by atoms with E-state index in [1.165, 1.54) is 0 Å². The number of methoxy groups -OCH3 is 2. The average Bonchev–Trinajstić information content (AvgIpc) is 2.19. The van der Waals surface area contributed by atoms with Gasteiger partial charge in [0.25, 0.3) is 0 Å². The molecular weight excluding hydrogens is 192 g/mol. The summed E-state index contributed by atoms with van der Waals surface area (Å²) in [5.74, 6) is 0. The minimum atomic E-state index is 0.246. The molecule has 0 heterocycles. The van der Waals surface area contributed by atoms with Crippen LogP contribution in [-0.2, 0) is 9.47 Å². The molecule has 2 atom stereocenters. The largest absolute Gasteiger partial charge is 0.383 e. The number of nitriles is 1. The topological polar surface area (TPSA) is 45.5 Å². The third-order valence-corrected chi connectivity index (χ3v) is 2.48. The van der Waals surface area contributed by atoms with Crippen molar-refractivity contribution in [3.05, 3.63) is 0 Å². The van der Waals surface area contributed by atoms with Crippen LogP contribution in [0.25, 0.3) is 0 Å². The molecule has 4 heteroatoms. The normalized spacial score (nSPS) is 14.9. The molecule has 0 aromatic heterocycles. The smallest absolute Gasteiger partial charge is 0.0638 e. The lowest BCUT2D eigenvalue weighted by Gasteiger charge is -2.32. The van der Waals surface area contributed by atoms with Gasteiger partial charge in [-0.05, 0) is 13.8 Å². The third kappa shape index (κ3) is 5.73. The molecule has 2 unspecified atom stereocenters. The van der Waals surface area contributed by atoms with E-state index in [1.54, 1.807) is 14.2 Å². The van der Waals surface area contributed by atoms with Crippen LogP contribution in [0.3, 0.4) is 0 Å². The number of nitrogens with zero attached hydrogens (tertiary/aromatic N) is 2. The van der Waals surface area contributed by atoms with Gasteiger partial charge in [0.05, 0.1) is 25.7 Å². The SMILES string of the molecule is COCCN(C(C)CC#N)C(C)COC. The average molecular weight is 214 g/mol. The van der Waals surface area contributed by atoms with E-state index in [-0.39, 0.29) is 6.04 Å². The first-order valence-corrected chi connectivity index (χ1v) is 5.27. The van der Waals surface area contributed by atoms with Crippen molar-refractivity contribution in [1.29, 1.82) is 5.26 Å². The molecule has 0 fully saturated rings. The molecule has 0 aromatic carbocycles. The van der Waals surface area contributed by atoms with Gasteiger partial charge in [-0.2, -0.15) is 5.26 Å². The van der Waals surface area contributed by atoms with Crippen LogP contribution in [-0.4, -0.2) is 51.0 Å². The van der Waals surface area contributed by atoms with Gasteiger partial charge in [0.2, 0.25) is 0 Å². The maximum Gasteiger partial charge on any atom is 0.0638 e. The first kappa shape index (κ1) is 14.4. The van der Waals surface area contributed by atoms with Gasteiger partial charge in [-0.1, -0.05) is 0 Å². The molecule has 4 nitrogen and oxygen atoms in total. The second-order valence-electron chi connectivity index (χ2n) is 3.75. The third-order valence-electron chi connectivity index (χ3n) is 2.48. The molecular formula is C11H22N2O2. The van der Waals surface area contributed by atoms with Gasteiger partial charge in [0.1, 0.15) is 0 Å². The molecule has 0 aromatic rings. The highest BCUT2D eigenvalue weighted by Crippen LogP contribution is 2.08. The Labute approximate surface area is 92.8 Å². The zero-order valence-electron chi connectivity index (χ0n) is 10.2. The van der Waals surface area contributed by atoms with Gasteiger partial charge in [-0.15, -0.1) is 0 Å². The van der Waals surface area contributed by atoms with Crippen molar-refractivity contribution in [2.24, 2.45) is 0 Å². The molecule has 0 rings (SSSR count). The van der Waals surface area contributed by atoms with Gasteiger partial charge in [0.15, 0.2) is 0 Å². The van der Waals surface area contributed by atoms with Gasteiger partial charge in [-0.3, -0.25) is 4.90 Å². The van der Waals surface area contributed by atoms with Crippen LogP contribution in [0.1, 0.15) is 20.3 Å². The Balaban J connectivity index is 4.22.